The van der Waals surface area contributed by atoms with Crippen LogP contribution in [-0.2, 0) is 9.53 Å². The summed E-state index contributed by atoms with van der Waals surface area (Å²) in [5.41, 5.74) is 5.61. The molecule has 0 atom stereocenters. The third-order valence-corrected chi connectivity index (χ3v) is 5.38. The number of carbonyl (C=O) groups excluding carboxylic acids is 1. The smallest absolute Gasteiger partial charge is 0.227 e. The zero-order valence-electron chi connectivity index (χ0n) is 13.7. The second-order valence-corrected chi connectivity index (χ2v) is 6.61. The molecule has 0 aromatic carbocycles. The maximum Gasteiger partial charge on any atom is 0.227 e. The first-order chi connectivity index (χ1) is 9.55. The number of likely N-dealkylation sites (N-methyl/N-ethyl adjacent to an activating group) is 1. The van der Waals surface area contributed by atoms with E-state index in [1.165, 1.54) is 25.7 Å². The Kier molecular flexibility index (Phi) is 9.25. The molecule has 0 aromatic heterocycles. The number of hydrogen-bond acceptors (Lipinski definition) is 4. The molecule has 132 valence electrons. The molecular formula is C15H31Cl2N3O2. The lowest BCUT2D eigenvalue weighted by molar-refractivity contribution is -0.136. The van der Waals surface area contributed by atoms with E-state index in [0.29, 0.717) is 19.8 Å². The topological polar surface area (TPSA) is 67.6 Å². The zero-order valence-corrected chi connectivity index (χ0v) is 15.4. The lowest BCUT2D eigenvalue weighted by Crippen LogP contribution is -2.55. The summed E-state index contributed by atoms with van der Waals surface area (Å²) < 4.78 is 5.37. The molecule has 5 nitrogen and oxygen atoms in total. The van der Waals surface area contributed by atoms with Crippen LogP contribution in [0, 0.1) is 5.41 Å². The van der Waals surface area contributed by atoms with Crippen molar-refractivity contribution in [2.75, 3.05) is 40.4 Å². The highest BCUT2D eigenvalue weighted by Gasteiger charge is 2.41. The van der Waals surface area contributed by atoms with Crippen molar-refractivity contribution in [1.82, 2.24) is 10.2 Å². The van der Waals surface area contributed by atoms with Gasteiger partial charge in [-0.25, -0.2) is 0 Å². The SMILES string of the molecule is CN(C)C1(CNC(=O)C2(CN)CCOCC2)CCCC1.Cl.Cl. The Morgan fingerprint density at radius 1 is 1.14 bits per heavy atom. The highest BCUT2D eigenvalue weighted by molar-refractivity contribution is 5.85. The molecule has 7 heteroatoms. The molecule has 1 aliphatic heterocycles. The summed E-state index contributed by atoms with van der Waals surface area (Å²) in [5.74, 6) is 0.122. The predicted molar refractivity (Wildman–Crippen MR) is 93.9 cm³/mol. The van der Waals surface area contributed by atoms with Crippen LogP contribution < -0.4 is 11.1 Å². The third kappa shape index (κ3) is 4.48. The maximum absolute atomic E-state index is 12.6. The van der Waals surface area contributed by atoms with Gasteiger partial charge >= 0.3 is 0 Å². The standard InChI is InChI=1S/C15H29N3O2.2ClH/c1-18(2)15(5-3-4-6-15)12-17-13(19)14(11-16)7-9-20-10-8-14;;/h3-12,16H2,1-2H3,(H,17,19);2*1H. The Morgan fingerprint density at radius 2 is 1.68 bits per heavy atom. The van der Waals surface area contributed by atoms with Gasteiger partial charge in [0.15, 0.2) is 0 Å². The van der Waals surface area contributed by atoms with Crippen molar-refractivity contribution in [3.05, 3.63) is 0 Å². The van der Waals surface area contributed by atoms with Crippen LogP contribution in [0.2, 0.25) is 0 Å². The van der Waals surface area contributed by atoms with E-state index in [9.17, 15) is 4.79 Å². The molecule has 1 saturated heterocycles. The van der Waals surface area contributed by atoms with Gasteiger partial charge in [0.1, 0.15) is 0 Å². The van der Waals surface area contributed by atoms with Crippen LogP contribution >= 0.6 is 24.8 Å². The molecule has 1 heterocycles. The van der Waals surface area contributed by atoms with Crippen LogP contribution in [0.25, 0.3) is 0 Å². The summed E-state index contributed by atoms with van der Waals surface area (Å²) >= 11 is 0. The van der Waals surface area contributed by atoms with Crippen LogP contribution in [0.5, 0.6) is 0 Å². The van der Waals surface area contributed by atoms with Gasteiger partial charge in [-0.3, -0.25) is 4.79 Å². The highest BCUT2D eigenvalue weighted by atomic mass is 35.5. The molecule has 2 rings (SSSR count). The second-order valence-electron chi connectivity index (χ2n) is 6.61. The number of carbonyl (C=O) groups is 1. The zero-order chi connectivity index (χ0) is 14.6. The fourth-order valence-corrected chi connectivity index (χ4v) is 3.53. The van der Waals surface area contributed by atoms with E-state index >= 15 is 0 Å². The van der Waals surface area contributed by atoms with Crippen molar-refractivity contribution in [3.8, 4) is 0 Å². The lowest BCUT2D eigenvalue weighted by atomic mass is 9.79. The summed E-state index contributed by atoms with van der Waals surface area (Å²) in [5, 5.41) is 3.19. The summed E-state index contributed by atoms with van der Waals surface area (Å²) in [7, 11) is 4.23. The van der Waals surface area contributed by atoms with Gasteiger partial charge in [-0.2, -0.15) is 0 Å². The Balaban J connectivity index is 0.00000220. The van der Waals surface area contributed by atoms with Gasteiger partial charge in [0, 0.05) is 31.8 Å². The van der Waals surface area contributed by atoms with Crippen LogP contribution in [-0.4, -0.2) is 56.7 Å². The van der Waals surface area contributed by atoms with Gasteiger partial charge in [0.2, 0.25) is 5.91 Å². The predicted octanol–water partition coefficient (Wildman–Crippen LogP) is 1.58. The van der Waals surface area contributed by atoms with Crippen molar-refractivity contribution in [2.24, 2.45) is 11.1 Å². The van der Waals surface area contributed by atoms with Gasteiger partial charge in [-0.15, -0.1) is 24.8 Å². The van der Waals surface area contributed by atoms with E-state index < -0.39 is 5.41 Å². The van der Waals surface area contributed by atoms with E-state index in [-0.39, 0.29) is 36.3 Å². The molecule has 0 radical (unpaired) electrons. The molecule has 22 heavy (non-hydrogen) atoms. The largest absolute Gasteiger partial charge is 0.381 e. The average Bonchev–Trinajstić information content (AvgIpc) is 2.95. The van der Waals surface area contributed by atoms with Crippen molar-refractivity contribution < 1.29 is 9.53 Å². The summed E-state index contributed by atoms with van der Waals surface area (Å²) in [4.78, 5) is 14.9. The first kappa shape index (κ1) is 21.9. The molecule has 1 aliphatic carbocycles. The van der Waals surface area contributed by atoms with E-state index in [1.807, 2.05) is 0 Å². The van der Waals surface area contributed by atoms with Crippen LogP contribution in [0.3, 0.4) is 0 Å². The number of amides is 1. The molecule has 1 amide bonds. The van der Waals surface area contributed by atoms with Crippen molar-refractivity contribution in [3.63, 3.8) is 0 Å². The maximum atomic E-state index is 12.6. The van der Waals surface area contributed by atoms with Crippen molar-refractivity contribution in [2.45, 2.75) is 44.1 Å². The number of nitrogens with one attached hydrogen (secondary N) is 1. The number of nitrogens with zero attached hydrogens (tertiary/aromatic N) is 1. The van der Waals surface area contributed by atoms with E-state index in [4.69, 9.17) is 10.5 Å². The van der Waals surface area contributed by atoms with Crippen LogP contribution in [0.1, 0.15) is 38.5 Å². The summed E-state index contributed by atoms with van der Waals surface area (Å²) in [6, 6.07) is 0. The summed E-state index contributed by atoms with van der Waals surface area (Å²) in [6.45, 7) is 2.44. The van der Waals surface area contributed by atoms with Gasteiger partial charge in [0.05, 0.1) is 5.41 Å². The lowest BCUT2D eigenvalue weighted by Gasteiger charge is -2.39. The Bertz CT molecular complexity index is 342. The molecule has 3 N–H and O–H groups in total. The number of ether oxygens (including phenoxy) is 1. The third-order valence-electron chi connectivity index (χ3n) is 5.38. The highest BCUT2D eigenvalue weighted by Crippen LogP contribution is 2.34. The molecule has 0 unspecified atom stereocenters. The molecule has 0 aromatic rings. The number of halogens is 2. The fraction of sp³-hybridized carbons (Fsp3) is 0.933. The number of rotatable bonds is 5. The normalized spacial score (nSPS) is 22.5. The minimum Gasteiger partial charge on any atom is -0.381 e. The van der Waals surface area contributed by atoms with Crippen molar-refractivity contribution in [1.29, 1.82) is 0 Å². The van der Waals surface area contributed by atoms with E-state index in [2.05, 4.69) is 24.3 Å². The van der Waals surface area contributed by atoms with Crippen LogP contribution in [0.15, 0.2) is 0 Å². The monoisotopic (exact) mass is 355 g/mol. The van der Waals surface area contributed by atoms with Gasteiger partial charge in [0.25, 0.3) is 0 Å². The molecule has 1 saturated carbocycles. The molecule has 2 aliphatic rings. The van der Waals surface area contributed by atoms with Gasteiger partial charge in [-0.05, 0) is 39.8 Å². The summed E-state index contributed by atoms with van der Waals surface area (Å²) in [6.07, 6.45) is 6.32. The first-order valence-electron chi connectivity index (χ1n) is 7.78. The van der Waals surface area contributed by atoms with E-state index in [1.54, 1.807) is 0 Å². The van der Waals surface area contributed by atoms with Crippen LogP contribution in [0.4, 0.5) is 0 Å². The minimum atomic E-state index is -0.412. The Morgan fingerprint density at radius 3 is 2.14 bits per heavy atom. The van der Waals surface area contributed by atoms with E-state index in [0.717, 1.165) is 19.4 Å². The Labute approximate surface area is 146 Å². The first-order valence-corrected chi connectivity index (χ1v) is 7.78. The number of hydrogen-bond donors (Lipinski definition) is 2. The quantitative estimate of drug-likeness (QED) is 0.785. The van der Waals surface area contributed by atoms with Gasteiger partial charge < -0.3 is 20.7 Å². The molecule has 0 spiro atoms. The Hall–Kier alpha value is -0.0700. The molecule has 2 fully saturated rings. The molecular weight excluding hydrogens is 325 g/mol. The second kappa shape index (κ2) is 9.28. The average molecular weight is 356 g/mol. The number of nitrogens with two attached hydrogens (primary N) is 1. The van der Waals surface area contributed by atoms with Crippen molar-refractivity contribution >= 4 is 30.7 Å². The van der Waals surface area contributed by atoms with Gasteiger partial charge in [-0.1, -0.05) is 12.8 Å². The fourth-order valence-electron chi connectivity index (χ4n) is 3.53. The minimum absolute atomic E-state index is 0. The molecule has 0 bridgehead atoms.